The summed E-state index contributed by atoms with van der Waals surface area (Å²) in [6, 6.07) is 12.1. The number of carbonyl (C=O) groups is 1. The normalized spacial score (nSPS) is 18.2. The molecule has 2 aromatic carbocycles. The smallest absolute Gasteiger partial charge is 0.261 e. The number of nitrogens with two attached hydrogens (primary N) is 1. The fourth-order valence-electron chi connectivity index (χ4n) is 4.25. The van der Waals surface area contributed by atoms with Gasteiger partial charge in [-0.25, -0.2) is 4.39 Å². The standard InChI is InChI=1S/C23H24ClFN4O2/c1-29-22(26)20(23(30)27-16-7-10-19(25)18(24)12-16)21(28-29)15-4-3-14(11-15)13-5-8-17(31-2)9-6-13/h5-10,12,14-15H,3-4,11,26H2,1-2H3,(H,27,30)/t14-,15+/m1/s1. The molecule has 1 amide bonds. The van der Waals surface area contributed by atoms with E-state index in [1.165, 1.54) is 28.4 Å². The van der Waals surface area contributed by atoms with Gasteiger partial charge in [-0.15, -0.1) is 0 Å². The van der Waals surface area contributed by atoms with E-state index in [-0.39, 0.29) is 16.8 Å². The Morgan fingerprint density at radius 1 is 1.23 bits per heavy atom. The molecule has 3 N–H and O–H groups in total. The number of rotatable bonds is 5. The Morgan fingerprint density at radius 2 is 1.94 bits per heavy atom. The van der Waals surface area contributed by atoms with Crippen LogP contribution in [0.2, 0.25) is 5.02 Å². The third kappa shape index (κ3) is 4.23. The minimum Gasteiger partial charge on any atom is -0.497 e. The molecule has 6 nitrogen and oxygen atoms in total. The molecular weight excluding hydrogens is 419 g/mol. The molecular formula is C23H24ClFN4O2. The van der Waals surface area contributed by atoms with Gasteiger partial charge in [-0.1, -0.05) is 23.7 Å². The predicted octanol–water partition coefficient (Wildman–Crippen LogP) is 5.11. The van der Waals surface area contributed by atoms with Gasteiger partial charge in [0, 0.05) is 18.7 Å². The first kappa shape index (κ1) is 21.2. The van der Waals surface area contributed by atoms with Crippen molar-refractivity contribution in [3.05, 3.63) is 70.1 Å². The van der Waals surface area contributed by atoms with Crippen molar-refractivity contribution < 1.29 is 13.9 Å². The van der Waals surface area contributed by atoms with Crippen LogP contribution in [-0.4, -0.2) is 22.8 Å². The van der Waals surface area contributed by atoms with Crippen LogP contribution in [0, 0.1) is 5.82 Å². The Hall–Kier alpha value is -3.06. The zero-order valence-electron chi connectivity index (χ0n) is 17.4. The SMILES string of the molecule is COc1ccc([C@@H]2CC[C@H](c3nn(C)c(N)c3C(=O)Nc3ccc(F)c(Cl)c3)C2)cc1. The van der Waals surface area contributed by atoms with Crippen molar-refractivity contribution in [3.63, 3.8) is 0 Å². The topological polar surface area (TPSA) is 82.2 Å². The molecule has 1 aromatic heterocycles. The van der Waals surface area contributed by atoms with Crippen molar-refractivity contribution in [3.8, 4) is 5.75 Å². The number of ether oxygens (including phenoxy) is 1. The maximum Gasteiger partial charge on any atom is 0.261 e. The van der Waals surface area contributed by atoms with E-state index in [4.69, 9.17) is 22.1 Å². The maximum absolute atomic E-state index is 13.4. The molecule has 162 valence electrons. The molecule has 0 aliphatic heterocycles. The molecule has 1 fully saturated rings. The second kappa shape index (κ2) is 8.59. The van der Waals surface area contributed by atoms with E-state index in [1.807, 2.05) is 12.1 Å². The van der Waals surface area contributed by atoms with E-state index < -0.39 is 5.82 Å². The van der Waals surface area contributed by atoms with Gasteiger partial charge in [0.2, 0.25) is 0 Å². The minimum atomic E-state index is -0.545. The number of amides is 1. The zero-order valence-corrected chi connectivity index (χ0v) is 18.1. The van der Waals surface area contributed by atoms with Crippen LogP contribution in [0.5, 0.6) is 5.75 Å². The van der Waals surface area contributed by atoms with Crippen molar-refractivity contribution >= 4 is 29.0 Å². The number of hydrogen-bond donors (Lipinski definition) is 2. The van der Waals surface area contributed by atoms with E-state index in [0.29, 0.717) is 28.7 Å². The summed E-state index contributed by atoms with van der Waals surface area (Å²) < 4.78 is 20.2. The number of anilines is 2. The molecule has 31 heavy (non-hydrogen) atoms. The summed E-state index contributed by atoms with van der Waals surface area (Å²) in [4.78, 5) is 13.0. The Bertz CT molecular complexity index is 1110. The second-order valence-electron chi connectivity index (χ2n) is 7.83. The van der Waals surface area contributed by atoms with Crippen LogP contribution in [-0.2, 0) is 7.05 Å². The summed E-state index contributed by atoms with van der Waals surface area (Å²) >= 11 is 5.83. The monoisotopic (exact) mass is 442 g/mol. The van der Waals surface area contributed by atoms with Crippen LogP contribution < -0.4 is 15.8 Å². The molecule has 0 bridgehead atoms. The van der Waals surface area contributed by atoms with Crippen molar-refractivity contribution in [1.82, 2.24) is 9.78 Å². The summed E-state index contributed by atoms with van der Waals surface area (Å²) in [7, 11) is 3.37. The van der Waals surface area contributed by atoms with Crippen molar-refractivity contribution in [2.75, 3.05) is 18.2 Å². The van der Waals surface area contributed by atoms with Crippen LogP contribution in [0.3, 0.4) is 0 Å². The van der Waals surface area contributed by atoms with Gasteiger partial charge in [0.05, 0.1) is 17.8 Å². The summed E-state index contributed by atoms with van der Waals surface area (Å²) in [6.07, 6.45) is 2.79. The highest BCUT2D eigenvalue weighted by molar-refractivity contribution is 6.31. The van der Waals surface area contributed by atoms with Crippen LogP contribution >= 0.6 is 11.6 Å². The second-order valence-corrected chi connectivity index (χ2v) is 8.24. The van der Waals surface area contributed by atoms with Gasteiger partial charge >= 0.3 is 0 Å². The molecule has 4 rings (SSSR count). The number of benzene rings is 2. The van der Waals surface area contributed by atoms with Gasteiger partial charge in [0.25, 0.3) is 5.91 Å². The van der Waals surface area contributed by atoms with Crippen LogP contribution in [0.1, 0.15) is 52.7 Å². The lowest BCUT2D eigenvalue weighted by atomic mass is 9.94. The Balaban J connectivity index is 1.56. The minimum absolute atomic E-state index is 0.0599. The summed E-state index contributed by atoms with van der Waals surface area (Å²) in [6.45, 7) is 0. The van der Waals surface area contributed by atoms with Gasteiger partial charge in [-0.3, -0.25) is 9.48 Å². The molecule has 0 spiro atoms. The van der Waals surface area contributed by atoms with Gasteiger partial charge in [0.1, 0.15) is 22.9 Å². The molecule has 0 radical (unpaired) electrons. The van der Waals surface area contributed by atoms with Crippen molar-refractivity contribution in [1.29, 1.82) is 0 Å². The number of aromatic nitrogens is 2. The van der Waals surface area contributed by atoms with E-state index in [9.17, 15) is 9.18 Å². The summed E-state index contributed by atoms with van der Waals surface area (Å²) in [5, 5.41) is 7.27. The first-order valence-electron chi connectivity index (χ1n) is 10.1. The summed E-state index contributed by atoms with van der Waals surface area (Å²) in [5.74, 6) is 0.705. The van der Waals surface area contributed by atoms with E-state index in [2.05, 4.69) is 22.5 Å². The predicted molar refractivity (Wildman–Crippen MR) is 119 cm³/mol. The first-order valence-corrected chi connectivity index (χ1v) is 10.5. The van der Waals surface area contributed by atoms with Crippen LogP contribution in [0.25, 0.3) is 0 Å². The number of halogens is 2. The number of nitrogens with zero attached hydrogens (tertiary/aromatic N) is 2. The molecule has 8 heteroatoms. The highest BCUT2D eigenvalue weighted by Crippen LogP contribution is 2.45. The average Bonchev–Trinajstić information content (AvgIpc) is 3.36. The summed E-state index contributed by atoms with van der Waals surface area (Å²) in [5.41, 5.74) is 8.90. The Labute approximate surface area is 185 Å². The van der Waals surface area contributed by atoms with Gasteiger partial charge < -0.3 is 15.8 Å². The van der Waals surface area contributed by atoms with Gasteiger partial charge in [-0.2, -0.15) is 5.10 Å². The largest absolute Gasteiger partial charge is 0.497 e. The van der Waals surface area contributed by atoms with E-state index in [0.717, 1.165) is 25.0 Å². The third-order valence-electron chi connectivity index (χ3n) is 5.93. The van der Waals surface area contributed by atoms with Gasteiger partial charge in [-0.05, 0) is 61.1 Å². The lowest BCUT2D eigenvalue weighted by Crippen LogP contribution is -2.16. The lowest BCUT2D eigenvalue weighted by Gasteiger charge is -2.13. The molecule has 2 atom stereocenters. The van der Waals surface area contributed by atoms with Crippen molar-refractivity contribution in [2.45, 2.75) is 31.1 Å². The molecule has 3 aromatic rings. The lowest BCUT2D eigenvalue weighted by molar-refractivity contribution is 0.102. The Morgan fingerprint density at radius 3 is 2.61 bits per heavy atom. The fourth-order valence-corrected chi connectivity index (χ4v) is 4.43. The van der Waals surface area contributed by atoms with E-state index in [1.54, 1.807) is 14.2 Å². The van der Waals surface area contributed by atoms with Crippen LogP contribution in [0.15, 0.2) is 42.5 Å². The van der Waals surface area contributed by atoms with E-state index >= 15 is 0 Å². The highest BCUT2D eigenvalue weighted by atomic mass is 35.5. The Kier molecular flexibility index (Phi) is 5.87. The molecule has 1 aliphatic rings. The highest BCUT2D eigenvalue weighted by Gasteiger charge is 2.33. The quantitative estimate of drug-likeness (QED) is 0.575. The number of nitrogens with one attached hydrogen (secondary N) is 1. The van der Waals surface area contributed by atoms with Crippen LogP contribution in [0.4, 0.5) is 15.9 Å². The maximum atomic E-state index is 13.4. The average molecular weight is 443 g/mol. The number of aryl methyl sites for hydroxylation is 1. The van der Waals surface area contributed by atoms with Gasteiger partial charge in [0.15, 0.2) is 0 Å². The molecule has 0 unspecified atom stereocenters. The van der Waals surface area contributed by atoms with Crippen molar-refractivity contribution in [2.24, 2.45) is 7.05 Å². The number of hydrogen-bond acceptors (Lipinski definition) is 4. The third-order valence-corrected chi connectivity index (χ3v) is 6.22. The molecule has 1 aliphatic carbocycles. The number of carbonyl (C=O) groups excluding carboxylic acids is 1. The molecule has 0 saturated heterocycles. The zero-order chi connectivity index (χ0) is 22.1. The molecule has 1 saturated carbocycles. The first-order chi connectivity index (χ1) is 14.9. The molecule has 1 heterocycles. The number of methoxy groups -OCH3 is 1. The number of nitrogen functional groups attached to an aromatic ring is 1. The fraction of sp³-hybridized carbons (Fsp3) is 0.304.